The van der Waals surface area contributed by atoms with Crippen LogP contribution in [-0.4, -0.2) is 37.1 Å². The first-order valence-corrected chi connectivity index (χ1v) is 9.99. The Morgan fingerprint density at radius 3 is 1.80 bits per heavy atom. The van der Waals surface area contributed by atoms with Gasteiger partial charge in [0.05, 0.1) is 0 Å². The van der Waals surface area contributed by atoms with Gasteiger partial charge in [-0.25, -0.2) is 0 Å². The van der Waals surface area contributed by atoms with Gasteiger partial charge in [-0.1, -0.05) is 33.1 Å². The maximum atomic E-state index is 11.3. The third kappa shape index (κ3) is 6.35. The summed E-state index contributed by atoms with van der Waals surface area (Å²) in [5, 5.41) is 3.25. The van der Waals surface area contributed by atoms with E-state index in [1.54, 1.807) is 0 Å². The average Bonchev–Trinajstić information content (AvgIpc) is 2.23. The molecular weight excluding hydrogens is 304 g/mol. The Hall–Kier alpha value is 0.260. The second-order valence-electron chi connectivity index (χ2n) is 5.58. The first-order valence-electron chi connectivity index (χ1n) is 6.76. The Kier molecular flexibility index (Phi) is 8.15. The van der Waals surface area contributed by atoms with E-state index in [2.05, 4.69) is 5.32 Å². The molecule has 0 rings (SSSR count). The molecule has 20 heavy (non-hydrogen) atoms. The van der Waals surface area contributed by atoms with Crippen LogP contribution < -0.4 is 5.32 Å². The van der Waals surface area contributed by atoms with E-state index in [1.165, 1.54) is 0 Å². The van der Waals surface area contributed by atoms with Gasteiger partial charge in [0, 0.05) is 6.04 Å². The van der Waals surface area contributed by atoms with E-state index in [0.29, 0.717) is 18.9 Å². The number of unbranched alkanes of at least 4 members (excludes halogenated alkanes) is 3. The lowest BCUT2D eigenvalue weighted by atomic mass is 10.1. The smallest absolute Gasteiger partial charge is 0.324 e. The van der Waals surface area contributed by atoms with E-state index >= 15 is 0 Å². The number of nitrogens with one attached hydrogen (secondary N) is 1. The molecule has 0 spiro atoms. The zero-order valence-corrected chi connectivity index (χ0v) is 14.1. The molecule has 9 heteroatoms. The standard InChI is InChI=1S/C11H27NO6P2/c1-10(2)12-9-7-5-4-6-8-11(3,19(13,14)15)20(16,17)18/h10,12H,4-9H2,1-3H3,(H2,13,14,15)(H2,16,17,18). The Morgan fingerprint density at radius 1 is 0.950 bits per heavy atom. The second-order valence-corrected chi connectivity index (χ2v) is 10.1. The van der Waals surface area contributed by atoms with Crippen molar-refractivity contribution in [2.75, 3.05) is 6.54 Å². The molecule has 0 radical (unpaired) electrons. The van der Waals surface area contributed by atoms with Crippen molar-refractivity contribution in [2.45, 2.75) is 63.8 Å². The van der Waals surface area contributed by atoms with Crippen molar-refractivity contribution >= 4 is 15.2 Å². The predicted octanol–water partition coefficient (Wildman–Crippen LogP) is 2.01. The van der Waals surface area contributed by atoms with Gasteiger partial charge in [-0.15, -0.1) is 0 Å². The summed E-state index contributed by atoms with van der Waals surface area (Å²) in [6.07, 6.45) is 2.68. The fourth-order valence-electron chi connectivity index (χ4n) is 1.79. The lowest BCUT2D eigenvalue weighted by Crippen LogP contribution is -2.25. The van der Waals surface area contributed by atoms with Crippen molar-refractivity contribution in [2.24, 2.45) is 0 Å². The van der Waals surface area contributed by atoms with Crippen molar-refractivity contribution in [1.29, 1.82) is 0 Å². The minimum absolute atomic E-state index is 0.181. The SMILES string of the molecule is CC(C)NCCCCCCC(C)(P(=O)(O)O)P(=O)(O)O. The summed E-state index contributed by atoms with van der Waals surface area (Å²) < 4.78 is 22.7. The van der Waals surface area contributed by atoms with E-state index in [-0.39, 0.29) is 6.42 Å². The highest BCUT2D eigenvalue weighted by molar-refractivity contribution is 7.72. The summed E-state index contributed by atoms with van der Waals surface area (Å²) in [6, 6.07) is 0.419. The van der Waals surface area contributed by atoms with Gasteiger partial charge < -0.3 is 24.9 Å². The molecule has 7 nitrogen and oxygen atoms in total. The van der Waals surface area contributed by atoms with Gasteiger partial charge in [0.25, 0.3) is 0 Å². The summed E-state index contributed by atoms with van der Waals surface area (Å²) >= 11 is 0. The maximum Gasteiger partial charge on any atom is 0.343 e. The molecule has 0 heterocycles. The van der Waals surface area contributed by atoms with Gasteiger partial charge in [-0.3, -0.25) is 9.13 Å². The van der Waals surface area contributed by atoms with E-state index in [0.717, 1.165) is 26.3 Å². The van der Waals surface area contributed by atoms with Crippen molar-refractivity contribution < 1.29 is 28.7 Å². The molecule has 5 N–H and O–H groups in total. The molecular formula is C11H27NO6P2. The van der Waals surface area contributed by atoms with Crippen LogP contribution in [0.15, 0.2) is 0 Å². The summed E-state index contributed by atoms with van der Waals surface area (Å²) in [6.45, 7) is 5.93. The summed E-state index contributed by atoms with van der Waals surface area (Å²) in [5.74, 6) is 0. The van der Waals surface area contributed by atoms with Crippen LogP contribution in [0.2, 0.25) is 0 Å². The first kappa shape index (κ1) is 20.3. The van der Waals surface area contributed by atoms with Crippen LogP contribution in [0.1, 0.15) is 52.9 Å². The molecule has 0 aliphatic heterocycles. The predicted molar refractivity (Wildman–Crippen MR) is 78.7 cm³/mol. The molecule has 0 saturated heterocycles. The molecule has 0 atom stereocenters. The van der Waals surface area contributed by atoms with Crippen LogP contribution in [-0.2, 0) is 9.13 Å². The number of hydrogen-bond acceptors (Lipinski definition) is 3. The van der Waals surface area contributed by atoms with Gasteiger partial charge >= 0.3 is 15.2 Å². The average molecular weight is 331 g/mol. The van der Waals surface area contributed by atoms with Crippen LogP contribution in [0, 0.1) is 0 Å². The Bertz CT molecular complexity index is 353. The van der Waals surface area contributed by atoms with Gasteiger partial charge in [0.1, 0.15) is 0 Å². The Morgan fingerprint density at radius 2 is 1.40 bits per heavy atom. The molecule has 0 saturated carbocycles. The quantitative estimate of drug-likeness (QED) is 0.306. The van der Waals surface area contributed by atoms with Crippen LogP contribution >= 0.6 is 15.2 Å². The Labute approximate surface area is 120 Å². The van der Waals surface area contributed by atoms with Crippen molar-refractivity contribution in [1.82, 2.24) is 5.32 Å². The third-order valence-electron chi connectivity index (χ3n) is 3.38. The molecule has 0 bridgehead atoms. The highest BCUT2D eigenvalue weighted by Gasteiger charge is 2.55. The highest BCUT2D eigenvalue weighted by Crippen LogP contribution is 2.70. The Balaban J connectivity index is 4.20. The zero-order chi connectivity index (χ0) is 16.0. The molecule has 0 fully saturated rings. The van der Waals surface area contributed by atoms with Gasteiger partial charge in [0.2, 0.25) is 0 Å². The van der Waals surface area contributed by atoms with Crippen molar-refractivity contribution in [3.05, 3.63) is 0 Å². The minimum Gasteiger partial charge on any atom is -0.324 e. The van der Waals surface area contributed by atoms with Crippen LogP contribution in [0.4, 0.5) is 0 Å². The van der Waals surface area contributed by atoms with Gasteiger partial charge in [0.15, 0.2) is 4.90 Å². The fourth-order valence-corrected chi connectivity index (χ4v) is 4.05. The summed E-state index contributed by atoms with van der Waals surface area (Å²) in [4.78, 5) is 34.5. The highest BCUT2D eigenvalue weighted by atomic mass is 31.2. The van der Waals surface area contributed by atoms with Crippen LogP contribution in [0.3, 0.4) is 0 Å². The lowest BCUT2D eigenvalue weighted by Gasteiger charge is -2.30. The molecule has 0 amide bonds. The van der Waals surface area contributed by atoms with Crippen molar-refractivity contribution in [3.8, 4) is 0 Å². The zero-order valence-electron chi connectivity index (χ0n) is 12.3. The van der Waals surface area contributed by atoms with Gasteiger partial charge in [-0.2, -0.15) is 0 Å². The minimum atomic E-state index is -4.86. The second kappa shape index (κ2) is 8.04. The first-order chi connectivity index (χ1) is 8.92. The van der Waals surface area contributed by atoms with Gasteiger partial charge in [-0.05, 0) is 26.3 Å². The molecule has 122 valence electrons. The monoisotopic (exact) mass is 331 g/mol. The molecule has 0 aromatic heterocycles. The number of hydrogen-bond donors (Lipinski definition) is 5. The normalized spacial score (nSPS) is 14.0. The van der Waals surface area contributed by atoms with E-state index < -0.39 is 20.1 Å². The molecule has 0 aromatic rings. The topological polar surface area (TPSA) is 127 Å². The summed E-state index contributed by atoms with van der Waals surface area (Å²) in [5.41, 5.74) is 0. The summed E-state index contributed by atoms with van der Waals surface area (Å²) in [7, 11) is -9.72. The largest absolute Gasteiger partial charge is 0.343 e. The molecule has 0 unspecified atom stereocenters. The maximum absolute atomic E-state index is 11.3. The molecule has 0 aromatic carbocycles. The number of rotatable bonds is 10. The van der Waals surface area contributed by atoms with E-state index in [1.807, 2.05) is 13.8 Å². The molecule has 0 aliphatic rings. The lowest BCUT2D eigenvalue weighted by molar-refractivity contribution is 0.304. The fraction of sp³-hybridized carbons (Fsp3) is 1.00. The van der Waals surface area contributed by atoms with E-state index in [4.69, 9.17) is 0 Å². The van der Waals surface area contributed by atoms with Crippen LogP contribution in [0.5, 0.6) is 0 Å². The third-order valence-corrected chi connectivity index (χ3v) is 7.91. The van der Waals surface area contributed by atoms with Crippen LogP contribution in [0.25, 0.3) is 0 Å². The molecule has 0 aliphatic carbocycles. The van der Waals surface area contributed by atoms with Crippen molar-refractivity contribution in [3.63, 3.8) is 0 Å². The van der Waals surface area contributed by atoms with E-state index in [9.17, 15) is 28.7 Å².